The first-order chi connectivity index (χ1) is 11.9. The van der Waals surface area contributed by atoms with Gasteiger partial charge in [0.05, 0.1) is 16.1 Å². The third kappa shape index (κ3) is 3.24. The molecule has 1 aromatic carbocycles. The molecule has 0 spiro atoms. The van der Waals surface area contributed by atoms with Gasteiger partial charge in [-0.2, -0.15) is 0 Å². The third-order valence-corrected chi connectivity index (χ3v) is 4.92. The van der Waals surface area contributed by atoms with Gasteiger partial charge in [-0.15, -0.1) is 0 Å². The molecular weight excluding hydrogens is 326 g/mol. The lowest BCUT2D eigenvalue weighted by molar-refractivity contribution is -0.384. The highest BCUT2D eigenvalue weighted by atomic mass is 16.6. The van der Waals surface area contributed by atoms with Crippen molar-refractivity contribution >= 4 is 23.4 Å². The molecule has 0 aromatic heterocycles. The molecule has 1 aliphatic heterocycles. The normalized spacial score (nSPS) is 22.7. The van der Waals surface area contributed by atoms with E-state index in [-0.39, 0.29) is 35.3 Å². The number of hydrogen-bond donors (Lipinski definition) is 1. The van der Waals surface area contributed by atoms with Crippen LogP contribution in [0.5, 0.6) is 0 Å². The lowest BCUT2D eigenvalue weighted by Crippen LogP contribution is -2.46. The fraction of sp³-hybridized carbons (Fsp3) is 0.471. The van der Waals surface area contributed by atoms with Crippen LogP contribution in [0.2, 0.25) is 0 Å². The van der Waals surface area contributed by atoms with Gasteiger partial charge in [0.2, 0.25) is 5.91 Å². The quantitative estimate of drug-likeness (QED) is 0.509. The van der Waals surface area contributed by atoms with Crippen molar-refractivity contribution in [2.45, 2.75) is 38.6 Å². The van der Waals surface area contributed by atoms with E-state index < -0.39 is 16.7 Å². The molecule has 0 saturated heterocycles. The van der Waals surface area contributed by atoms with Gasteiger partial charge < -0.3 is 5.32 Å². The number of carbonyl (C=O) groups excluding carboxylic acids is 3. The lowest BCUT2D eigenvalue weighted by atomic mass is 9.86. The Labute approximate surface area is 144 Å². The van der Waals surface area contributed by atoms with E-state index in [0.717, 1.165) is 36.6 Å². The van der Waals surface area contributed by atoms with Crippen LogP contribution in [-0.4, -0.2) is 40.1 Å². The smallest absolute Gasteiger partial charge is 0.270 e. The molecule has 0 bridgehead atoms. The number of nitro groups is 1. The van der Waals surface area contributed by atoms with Crippen LogP contribution in [0.25, 0.3) is 0 Å². The van der Waals surface area contributed by atoms with Crippen LogP contribution in [0.15, 0.2) is 18.2 Å². The average Bonchev–Trinajstić information content (AvgIpc) is 2.81. The van der Waals surface area contributed by atoms with Gasteiger partial charge in [0.25, 0.3) is 17.5 Å². The van der Waals surface area contributed by atoms with Crippen molar-refractivity contribution in [3.63, 3.8) is 0 Å². The van der Waals surface area contributed by atoms with E-state index >= 15 is 0 Å². The van der Waals surface area contributed by atoms with Crippen LogP contribution in [0.3, 0.4) is 0 Å². The predicted molar refractivity (Wildman–Crippen MR) is 88.0 cm³/mol. The first kappa shape index (κ1) is 17.1. The summed E-state index contributed by atoms with van der Waals surface area (Å²) in [5.41, 5.74) is -0.199. The molecule has 8 nitrogen and oxygen atoms in total. The highest BCUT2D eigenvalue weighted by Gasteiger charge is 2.38. The summed E-state index contributed by atoms with van der Waals surface area (Å²) in [4.78, 5) is 48.0. The van der Waals surface area contributed by atoms with E-state index in [1.807, 2.05) is 0 Å². The number of amides is 3. The zero-order chi connectivity index (χ0) is 18.1. The summed E-state index contributed by atoms with van der Waals surface area (Å²) in [6, 6.07) is 3.57. The molecule has 1 aliphatic carbocycles. The Morgan fingerprint density at radius 2 is 1.92 bits per heavy atom. The summed E-state index contributed by atoms with van der Waals surface area (Å²) in [7, 11) is 0. The molecule has 1 N–H and O–H groups in total. The van der Waals surface area contributed by atoms with Gasteiger partial charge in [-0.25, -0.2) is 0 Å². The predicted octanol–water partition coefficient (Wildman–Crippen LogP) is 1.89. The van der Waals surface area contributed by atoms with Gasteiger partial charge in [0, 0.05) is 18.2 Å². The van der Waals surface area contributed by atoms with E-state index in [4.69, 9.17) is 0 Å². The molecule has 3 amide bonds. The summed E-state index contributed by atoms with van der Waals surface area (Å²) in [5.74, 6) is -1.29. The maximum absolute atomic E-state index is 12.4. The number of fused-ring (bicyclic) bond motifs is 1. The Balaban J connectivity index is 1.71. The number of hydrogen-bond acceptors (Lipinski definition) is 5. The van der Waals surface area contributed by atoms with E-state index in [9.17, 15) is 24.5 Å². The van der Waals surface area contributed by atoms with Gasteiger partial charge in [0.1, 0.15) is 6.54 Å². The largest absolute Gasteiger partial charge is 0.352 e. The van der Waals surface area contributed by atoms with Crippen LogP contribution in [0.1, 0.15) is 53.3 Å². The topological polar surface area (TPSA) is 110 Å². The second-order valence-electron chi connectivity index (χ2n) is 6.62. The van der Waals surface area contributed by atoms with Gasteiger partial charge in [0.15, 0.2) is 0 Å². The van der Waals surface area contributed by atoms with E-state index in [2.05, 4.69) is 12.2 Å². The number of imide groups is 1. The standard InChI is InChI=1S/C17H19N3O5/c1-10-4-2-3-5-14(10)18-15(21)9-19-16(22)12-7-6-11(20(24)25)8-13(12)17(19)23/h6-8,10,14H,2-5,9H2,1H3,(H,18,21)/t10-,14+/m1/s1. The molecule has 25 heavy (non-hydrogen) atoms. The van der Waals surface area contributed by atoms with Gasteiger partial charge >= 0.3 is 0 Å². The molecule has 1 heterocycles. The first-order valence-corrected chi connectivity index (χ1v) is 8.32. The Kier molecular flexibility index (Phi) is 4.52. The summed E-state index contributed by atoms with van der Waals surface area (Å²) in [6.45, 7) is 1.70. The van der Waals surface area contributed by atoms with Gasteiger partial charge in [-0.3, -0.25) is 29.4 Å². The van der Waals surface area contributed by atoms with E-state index in [1.54, 1.807) is 0 Å². The van der Waals surface area contributed by atoms with Crippen molar-refractivity contribution in [2.75, 3.05) is 6.54 Å². The highest BCUT2D eigenvalue weighted by Crippen LogP contribution is 2.27. The second-order valence-corrected chi connectivity index (χ2v) is 6.62. The van der Waals surface area contributed by atoms with Crippen molar-refractivity contribution < 1.29 is 19.3 Å². The third-order valence-electron chi connectivity index (χ3n) is 4.92. The second kappa shape index (κ2) is 6.62. The van der Waals surface area contributed by atoms with Crippen molar-refractivity contribution in [1.29, 1.82) is 0 Å². The van der Waals surface area contributed by atoms with E-state index in [1.165, 1.54) is 12.1 Å². The van der Waals surface area contributed by atoms with Crippen LogP contribution in [0.4, 0.5) is 5.69 Å². The molecule has 2 aliphatic rings. The summed E-state index contributed by atoms with van der Waals surface area (Å²) in [6.07, 6.45) is 4.12. The van der Waals surface area contributed by atoms with Gasteiger partial charge in [-0.05, 0) is 24.8 Å². The van der Waals surface area contributed by atoms with Crippen molar-refractivity contribution in [3.05, 3.63) is 39.4 Å². The van der Waals surface area contributed by atoms with Crippen LogP contribution < -0.4 is 5.32 Å². The molecule has 1 aromatic rings. The summed E-state index contributed by atoms with van der Waals surface area (Å²) < 4.78 is 0. The fourth-order valence-corrected chi connectivity index (χ4v) is 3.46. The number of rotatable bonds is 4. The van der Waals surface area contributed by atoms with Crippen LogP contribution in [0, 0.1) is 16.0 Å². The van der Waals surface area contributed by atoms with E-state index in [0.29, 0.717) is 5.92 Å². The number of carbonyl (C=O) groups is 3. The van der Waals surface area contributed by atoms with Crippen LogP contribution >= 0.6 is 0 Å². The molecular formula is C17H19N3O5. The number of nitrogens with one attached hydrogen (secondary N) is 1. The fourth-order valence-electron chi connectivity index (χ4n) is 3.46. The number of nitro benzene ring substituents is 1. The zero-order valence-corrected chi connectivity index (χ0v) is 13.9. The van der Waals surface area contributed by atoms with Gasteiger partial charge in [-0.1, -0.05) is 19.8 Å². The number of non-ortho nitro benzene ring substituents is 1. The molecule has 1 fully saturated rings. The maximum atomic E-state index is 12.4. The molecule has 2 atom stereocenters. The SMILES string of the molecule is C[C@@H]1CCCC[C@@H]1NC(=O)CN1C(=O)c2ccc([N+](=O)[O-])cc2C1=O. The minimum atomic E-state index is -0.671. The minimum Gasteiger partial charge on any atom is -0.352 e. The molecule has 0 radical (unpaired) electrons. The Hall–Kier alpha value is -2.77. The Morgan fingerprint density at radius 3 is 2.60 bits per heavy atom. The maximum Gasteiger partial charge on any atom is 0.270 e. The first-order valence-electron chi connectivity index (χ1n) is 8.32. The average molecular weight is 345 g/mol. The molecule has 8 heteroatoms. The summed E-state index contributed by atoms with van der Waals surface area (Å²) in [5, 5.41) is 13.7. The van der Waals surface area contributed by atoms with Crippen LogP contribution in [-0.2, 0) is 4.79 Å². The monoisotopic (exact) mass is 345 g/mol. The number of nitrogens with zero attached hydrogens (tertiary/aromatic N) is 2. The molecule has 3 rings (SSSR count). The van der Waals surface area contributed by atoms with Crippen molar-refractivity contribution in [1.82, 2.24) is 10.2 Å². The minimum absolute atomic E-state index is 0.0296. The summed E-state index contributed by atoms with van der Waals surface area (Å²) >= 11 is 0. The zero-order valence-electron chi connectivity index (χ0n) is 13.9. The molecule has 132 valence electrons. The number of benzene rings is 1. The lowest BCUT2D eigenvalue weighted by Gasteiger charge is -2.30. The Bertz CT molecular complexity index is 761. The molecule has 1 saturated carbocycles. The van der Waals surface area contributed by atoms with Crippen molar-refractivity contribution in [2.24, 2.45) is 5.92 Å². The molecule has 0 unspecified atom stereocenters. The van der Waals surface area contributed by atoms with Crippen molar-refractivity contribution in [3.8, 4) is 0 Å². The Morgan fingerprint density at radius 1 is 1.24 bits per heavy atom. The highest BCUT2D eigenvalue weighted by molar-refractivity contribution is 6.22.